The van der Waals surface area contributed by atoms with Crippen LogP contribution in [0.25, 0.3) is 0 Å². The van der Waals surface area contributed by atoms with Gasteiger partial charge in [-0.25, -0.2) is 0 Å². The average molecular weight is 229 g/mol. The quantitative estimate of drug-likeness (QED) is 0.619. The van der Waals surface area contributed by atoms with Crippen molar-refractivity contribution in [1.29, 1.82) is 0 Å². The first-order chi connectivity index (χ1) is 8.16. The Morgan fingerprint density at radius 3 is 2.53 bits per heavy atom. The van der Waals surface area contributed by atoms with E-state index >= 15 is 0 Å². The molecule has 0 aliphatic carbocycles. The number of nitrogens with zero attached hydrogens (tertiary/aromatic N) is 1. The first-order valence-corrected chi connectivity index (χ1v) is 5.08. The Morgan fingerprint density at radius 2 is 1.94 bits per heavy atom. The van der Waals surface area contributed by atoms with E-state index in [0.717, 1.165) is 5.56 Å². The Morgan fingerprint density at radius 1 is 1.24 bits per heavy atom. The molecule has 1 amide bonds. The number of amides is 1. The number of rotatable bonds is 3. The van der Waals surface area contributed by atoms with Crippen LogP contribution in [0.3, 0.4) is 0 Å². The smallest absolute Gasteiger partial charge is 0.296 e. The molecule has 86 valence electrons. The highest BCUT2D eigenvalue weighted by molar-refractivity contribution is 6.46. The number of benzene rings is 1. The van der Waals surface area contributed by atoms with Crippen LogP contribution in [0.15, 0.2) is 36.7 Å². The minimum Gasteiger partial charge on any atom is -0.316 e. The molecule has 0 bridgehead atoms. The van der Waals surface area contributed by atoms with Crippen molar-refractivity contribution in [2.24, 2.45) is 0 Å². The van der Waals surface area contributed by atoms with E-state index in [1.165, 1.54) is 12.4 Å². The summed E-state index contributed by atoms with van der Waals surface area (Å²) in [6.07, 6.45) is 2.93. The summed E-state index contributed by atoms with van der Waals surface area (Å²) in [5, 5.41) is 8.67. The molecule has 2 rings (SSSR count). The van der Waals surface area contributed by atoms with Gasteiger partial charge in [0.25, 0.3) is 11.7 Å². The van der Waals surface area contributed by atoms with Gasteiger partial charge in [0.15, 0.2) is 0 Å². The lowest BCUT2D eigenvalue weighted by atomic mass is 10.1. The first kappa shape index (κ1) is 11.1. The highest BCUT2D eigenvalue weighted by Crippen LogP contribution is 2.07. The van der Waals surface area contributed by atoms with E-state index < -0.39 is 11.7 Å². The maximum Gasteiger partial charge on any atom is 0.296 e. The molecule has 0 aliphatic heterocycles. The van der Waals surface area contributed by atoms with Gasteiger partial charge in [0.1, 0.15) is 0 Å². The number of carbonyl (C=O) groups is 2. The molecule has 17 heavy (non-hydrogen) atoms. The summed E-state index contributed by atoms with van der Waals surface area (Å²) in [4.78, 5) is 23.3. The van der Waals surface area contributed by atoms with Gasteiger partial charge < -0.3 is 5.32 Å². The fraction of sp³-hybridized carbons (Fsp3) is 0.0833. The highest BCUT2D eigenvalue weighted by atomic mass is 16.2. The monoisotopic (exact) mass is 229 g/mol. The molecule has 0 aliphatic rings. The Balaban J connectivity index is 2.10. The molecule has 2 N–H and O–H groups in total. The Hall–Kier alpha value is -2.43. The normalized spacial score (nSPS) is 9.94. The number of nitrogens with one attached hydrogen (secondary N) is 2. The number of Topliss-reactive ketones (excluding diaryl/α,β-unsaturated/α-hetero) is 1. The van der Waals surface area contributed by atoms with Gasteiger partial charge in [-0.15, -0.1) is 0 Å². The second-order valence-corrected chi connectivity index (χ2v) is 3.64. The zero-order valence-corrected chi connectivity index (χ0v) is 9.23. The fourth-order valence-corrected chi connectivity index (χ4v) is 1.34. The van der Waals surface area contributed by atoms with Gasteiger partial charge in [-0.05, 0) is 6.92 Å². The summed E-state index contributed by atoms with van der Waals surface area (Å²) in [6.45, 7) is 1.92. The fourth-order valence-electron chi connectivity index (χ4n) is 1.34. The van der Waals surface area contributed by atoms with Crippen molar-refractivity contribution >= 4 is 17.4 Å². The van der Waals surface area contributed by atoms with E-state index in [9.17, 15) is 9.59 Å². The number of hydrogen-bond acceptors (Lipinski definition) is 3. The molecular formula is C12H11N3O2. The minimum atomic E-state index is -0.671. The third-order valence-corrected chi connectivity index (χ3v) is 2.28. The largest absolute Gasteiger partial charge is 0.316 e. The summed E-state index contributed by atoms with van der Waals surface area (Å²) >= 11 is 0. The number of anilines is 1. The van der Waals surface area contributed by atoms with E-state index in [1.54, 1.807) is 24.3 Å². The predicted molar refractivity (Wildman–Crippen MR) is 62.7 cm³/mol. The van der Waals surface area contributed by atoms with Crippen LogP contribution >= 0.6 is 0 Å². The molecule has 0 spiro atoms. The third-order valence-electron chi connectivity index (χ3n) is 2.28. The second kappa shape index (κ2) is 4.61. The number of aromatic nitrogens is 2. The molecule has 5 nitrogen and oxygen atoms in total. The van der Waals surface area contributed by atoms with Crippen molar-refractivity contribution < 1.29 is 9.59 Å². The zero-order chi connectivity index (χ0) is 12.3. The number of ketones is 1. The number of hydrogen-bond donors (Lipinski definition) is 2. The summed E-state index contributed by atoms with van der Waals surface area (Å²) in [5.41, 5.74) is 1.88. The van der Waals surface area contributed by atoms with Gasteiger partial charge >= 0.3 is 0 Å². The Bertz CT molecular complexity index is 529. The Labute approximate surface area is 97.9 Å². The molecule has 0 saturated heterocycles. The SMILES string of the molecule is Cc1ccc(C(=O)C(=O)Nc2cn[nH]c2)cc1. The summed E-state index contributed by atoms with van der Waals surface area (Å²) in [7, 11) is 0. The molecule has 1 aromatic carbocycles. The van der Waals surface area contributed by atoms with Crippen molar-refractivity contribution in [2.45, 2.75) is 6.92 Å². The molecule has 0 atom stereocenters. The summed E-state index contributed by atoms with van der Waals surface area (Å²) in [6, 6.07) is 6.84. The maximum absolute atomic E-state index is 11.7. The van der Waals surface area contributed by atoms with Crippen molar-refractivity contribution in [1.82, 2.24) is 10.2 Å². The van der Waals surface area contributed by atoms with E-state index in [4.69, 9.17) is 0 Å². The highest BCUT2D eigenvalue weighted by Gasteiger charge is 2.16. The van der Waals surface area contributed by atoms with Crippen LogP contribution in [-0.4, -0.2) is 21.9 Å². The van der Waals surface area contributed by atoms with Crippen LogP contribution in [0, 0.1) is 6.92 Å². The molecule has 2 aromatic rings. The number of aryl methyl sites for hydroxylation is 1. The van der Waals surface area contributed by atoms with Crippen molar-refractivity contribution in [3.05, 3.63) is 47.8 Å². The van der Waals surface area contributed by atoms with Gasteiger partial charge in [0.05, 0.1) is 11.9 Å². The molecule has 0 unspecified atom stereocenters. The van der Waals surface area contributed by atoms with Gasteiger partial charge in [0, 0.05) is 11.8 Å². The molecule has 1 aromatic heterocycles. The zero-order valence-electron chi connectivity index (χ0n) is 9.23. The molecule has 5 heteroatoms. The topological polar surface area (TPSA) is 74.8 Å². The van der Waals surface area contributed by atoms with Crippen molar-refractivity contribution in [3.8, 4) is 0 Å². The van der Waals surface area contributed by atoms with Crippen LogP contribution in [-0.2, 0) is 4.79 Å². The van der Waals surface area contributed by atoms with E-state index in [0.29, 0.717) is 11.3 Å². The van der Waals surface area contributed by atoms with Gasteiger partial charge in [-0.3, -0.25) is 14.7 Å². The molecule has 0 radical (unpaired) electrons. The lowest BCUT2D eigenvalue weighted by Crippen LogP contribution is -2.22. The first-order valence-electron chi connectivity index (χ1n) is 5.08. The van der Waals surface area contributed by atoms with Crippen molar-refractivity contribution in [3.63, 3.8) is 0 Å². The number of H-pyrrole nitrogens is 1. The average Bonchev–Trinajstić information content (AvgIpc) is 2.82. The standard InChI is InChI=1S/C12H11N3O2/c1-8-2-4-9(5-3-8)11(16)12(17)15-10-6-13-14-7-10/h2-7H,1H3,(H,13,14)(H,15,17). The van der Waals surface area contributed by atoms with Crippen LogP contribution in [0.1, 0.15) is 15.9 Å². The number of carbonyl (C=O) groups excluding carboxylic acids is 2. The lowest BCUT2D eigenvalue weighted by molar-refractivity contribution is -0.112. The third kappa shape index (κ3) is 2.57. The van der Waals surface area contributed by atoms with Gasteiger partial charge in [0.2, 0.25) is 0 Å². The van der Waals surface area contributed by atoms with Gasteiger partial charge in [-0.1, -0.05) is 29.8 Å². The van der Waals surface area contributed by atoms with E-state index in [-0.39, 0.29) is 0 Å². The van der Waals surface area contributed by atoms with Gasteiger partial charge in [-0.2, -0.15) is 5.10 Å². The molecule has 0 saturated carbocycles. The van der Waals surface area contributed by atoms with Crippen LogP contribution in [0.4, 0.5) is 5.69 Å². The van der Waals surface area contributed by atoms with Crippen molar-refractivity contribution in [2.75, 3.05) is 5.32 Å². The Kier molecular flexibility index (Phi) is 3.00. The summed E-state index contributed by atoms with van der Waals surface area (Å²) < 4.78 is 0. The van der Waals surface area contributed by atoms with E-state index in [1.807, 2.05) is 6.92 Å². The summed E-state index contributed by atoms with van der Waals surface area (Å²) in [5.74, 6) is -1.23. The second-order valence-electron chi connectivity index (χ2n) is 3.64. The van der Waals surface area contributed by atoms with E-state index in [2.05, 4.69) is 15.5 Å². The predicted octanol–water partition coefficient (Wildman–Crippen LogP) is 1.54. The minimum absolute atomic E-state index is 0.372. The van der Waals surface area contributed by atoms with Crippen LogP contribution in [0.5, 0.6) is 0 Å². The van der Waals surface area contributed by atoms with Crippen LogP contribution < -0.4 is 5.32 Å². The van der Waals surface area contributed by atoms with Crippen LogP contribution in [0.2, 0.25) is 0 Å². The molecule has 1 heterocycles. The maximum atomic E-state index is 11.7. The molecule has 0 fully saturated rings. The lowest BCUT2D eigenvalue weighted by Gasteiger charge is -2.01. The number of aromatic amines is 1. The molecular weight excluding hydrogens is 218 g/mol.